The molecule has 1 aromatic carbocycles. The summed E-state index contributed by atoms with van der Waals surface area (Å²) in [7, 11) is 1.51. The van der Waals surface area contributed by atoms with E-state index in [9.17, 15) is 14.4 Å². The number of carbonyl (C=O) groups is 1. The van der Waals surface area contributed by atoms with E-state index in [2.05, 4.69) is 15.3 Å². The molecule has 160 valence electrons. The minimum atomic E-state index is -0.566. The Balaban J connectivity index is 0.00000160. The zero-order valence-electron chi connectivity index (χ0n) is 15.9. The highest BCUT2D eigenvalue weighted by Crippen LogP contribution is 2.29. The summed E-state index contributed by atoms with van der Waals surface area (Å²) in [5, 5.41) is 4.07. The van der Waals surface area contributed by atoms with Crippen molar-refractivity contribution >= 4 is 53.4 Å². The second kappa shape index (κ2) is 9.61. The largest absolute Gasteiger partial charge is 0.329 e. The number of aromatic nitrogens is 3. The number of aryl methyl sites for hydroxylation is 1. The van der Waals surface area contributed by atoms with Gasteiger partial charge in [-0.2, -0.15) is 0 Å². The molecule has 0 bridgehead atoms. The monoisotopic (exact) mass is 471 g/mol. The van der Waals surface area contributed by atoms with E-state index in [4.69, 9.17) is 11.6 Å². The first-order chi connectivity index (χ1) is 13.5. The van der Waals surface area contributed by atoms with E-state index in [0.29, 0.717) is 24.7 Å². The van der Waals surface area contributed by atoms with Crippen molar-refractivity contribution in [1.82, 2.24) is 24.8 Å². The minimum absolute atomic E-state index is 0. The number of benzene rings is 1. The number of nitrogens with one attached hydrogen (secondary N) is 2. The van der Waals surface area contributed by atoms with Crippen molar-refractivity contribution in [3.63, 3.8) is 0 Å². The third-order valence-corrected chi connectivity index (χ3v) is 5.31. The van der Waals surface area contributed by atoms with Crippen molar-refractivity contribution < 1.29 is 4.79 Å². The van der Waals surface area contributed by atoms with Crippen LogP contribution in [0.3, 0.4) is 0 Å². The fourth-order valence-electron chi connectivity index (χ4n) is 3.49. The maximum absolute atomic E-state index is 13.2. The Morgan fingerprint density at radius 3 is 2.70 bits per heavy atom. The normalized spacial score (nSPS) is 15.9. The van der Waals surface area contributed by atoms with Crippen molar-refractivity contribution in [2.24, 2.45) is 7.05 Å². The molecule has 0 spiro atoms. The number of carbonyl (C=O) groups excluding carboxylic acids is 1. The summed E-state index contributed by atoms with van der Waals surface area (Å²) in [5.74, 6) is -0.242. The maximum atomic E-state index is 13.2. The zero-order valence-corrected chi connectivity index (χ0v) is 18.3. The Morgan fingerprint density at radius 1 is 1.23 bits per heavy atom. The molecule has 2 aromatic heterocycles. The molecule has 1 atom stereocenters. The fourth-order valence-corrected chi connectivity index (χ4v) is 3.75. The molecule has 1 aliphatic heterocycles. The summed E-state index contributed by atoms with van der Waals surface area (Å²) >= 11 is 6.35. The topological polar surface area (TPSA) is 100 Å². The van der Waals surface area contributed by atoms with Crippen molar-refractivity contribution in [1.29, 1.82) is 0 Å². The van der Waals surface area contributed by atoms with Crippen LogP contribution in [0.2, 0.25) is 5.02 Å². The molecule has 1 saturated heterocycles. The summed E-state index contributed by atoms with van der Waals surface area (Å²) in [4.78, 5) is 45.3. The van der Waals surface area contributed by atoms with Gasteiger partial charge in [0.05, 0.1) is 17.0 Å². The van der Waals surface area contributed by atoms with Crippen molar-refractivity contribution in [3.8, 4) is 0 Å². The van der Waals surface area contributed by atoms with Gasteiger partial charge in [0.1, 0.15) is 5.65 Å². The number of pyridine rings is 1. The highest BCUT2D eigenvalue weighted by atomic mass is 35.5. The molecule has 2 N–H and O–H groups in total. The molecular formula is C19H20Cl3N5O3. The van der Waals surface area contributed by atoms with E-state index in [1.54, 1.807) is 11.0 Å². The van der Waals surface area contributed by atoms with Crippen LogP contribution >= 0.6 is 36.4 Å². The molecule has 30 heavy (non-hydrogen) atoms. The molecule has 11 heteroatoms. The number of amides is 1. The third kappa shape index (κ3) is 4.22. The lowest BCUT2D eigenvalue weighted by Gasteiger charge is -2.37. The molecule has 1 fully saturated rings. The Hall–Kier alpha value is -2.39. The van der Waals surface area contributed by atoms with Gasteiger partial charge in [0, 0.05) is 37.9 Å². The SMILES string of the molecule is Cl.Cl.Cn1c(=O)[nH]c(=O)c2cc(C(=O)N3CCNCC3c3ccccc3Cl)cnc21. The van der Waals surface area contributed by atoms with Gasteiger partial charge in [-0.05, 0) is 17.7 Å². The van der Waals surface area contributed by atoms with E-state index in [1.165, 1.54) is 23.9 Å². The Kier molecular flexibility index (Phi) is 7.65. The average Bonchev–Trinajstić information content (AvgIpc) is 2.71. The van der Waals surface area contributed by atoms with E-state index in [0.717, 1.165) is 5.56 Å². The Bertz CT molecular complexity index is 1190. The summed E-state index contributed by atoms with van der Waals surface area (Å²) in [6.07, 6.45) is 1.40. The number of H-pyrrole nitrogens is 1. The molecule has 4 rings (SSSR count). The van der Waals surface area contributed by atoms with Crippen molar-refractivity contribution in [2.45, 2.75) is 6.04 Å². The lowest BCUT2D eigenvalue weighted by atomic mass is 10.0. The van der Waals surface area contributed by atoms with Gasteiger partial charge in [0.15, 0.2) is 0 Å². The quantitative estimate of drug-likeness (QED) is 0.593. The van der Waals surface area contributed by atoms with Gasteiger partial charge < -0.3 is 10.2 Å². The molecule has 8 nitrogen and oxygen atoms in total. The van der Waals surface area contributed by atoms with Gasteiger partial charge in [-0.1, -0.05) is 29.8 Å². The van der Waals surface area contributed by atoms with Crippen LogP contribution in [0.25, 0.3) is 11.0 Å². The summed E-state index contributed by atoms with van der Waals surface area (Å²) in [6, 6.07) is 8.68. The smallest absolute Gasteiger partial charge is 0.329 e. The number of hydrogen-bond donors (Lipinski definition) is 2. The van der Waals surface area contributed by atoms with Crippen LogP contribution in [-0.2, 0) is 7.05 Å². The highest BCUT2D eigenvalue weighted by molar-refractivity contribution is 6.31. The highest BCUT2D eigenvalue weighted by Gasteiger charge is 2.30. The molecule has 3 aromatic rings. The lowest BCUT2D eigenvalue weighted by Crippen LogP contribution is -2.48. The number of hydrogen-bond acceptors (Lipinski definition) is 5. The molecule has 0 radical (unpaired) electrons. The second-order valence-corrected chi connectivity index (χ2v) is 7.06. The first-order valence-corrected chi connectivity index (χ1v) is 9.20. The number of halogens is 3. The van der Waals surface area contributed by atoms with E-state index in [-0.39, 0.29) is 53.4 Å². The number of rotatable bonds is 2. The molecule has 0 saturated carbocycles. The minimum Gasteiger partial charge on any atom is -0.329 e. The number of aromatic amines is 1. The number of piperazine rings is 1. The van der Waals surface area contributed by atoms with Crippen LogP contribution in [-0.4, -0.2) is 45.0 Å². The predicted octanol–water partition coefficient (Wildman–Crippen LogP) is 1.91. The van der Waals surface area contributed by atoms with Crippen LogP contribution in [0.1, 0.15) is 22.0 Å². The first kappa shape index (κ1) is 23.9. The molecule has 1 amide bonds. The van der Waals surface area contributed by atoms with Crippen LogP contribution in [0.15, 0.2) is 46.1 Å². The Labute approximate surface area is 189 Å². The predicted molar refractivity (Wildman–Crippen MR) is 120 cm³/mol. The first-order valence-electron chi connectivity index (χ1n) is 8.82. The number of fused-ring (bicyclic) bond motifs is 1. The second-order valence-electron chi connectivity index (χ2n) is 6.65. The summed E-state index contributed by atoms with van der Waals surface area (Å²) in [6.45, 7) is 1.73. The molecular weight excluding hydrogens is 453 g/mol. The van der Waals surface area contributed by atoms with Crippen molar-refractivity contribution in [3.05, 3.63) is 73.5 Å². The van der Waals surface area contributed by atoms with Gasteiger partial charge in [0.25, 0.3) is 11.5 Å². The maximum Gasteiger partial charge on any atom is 0.329 e. The van der Waals surface area contributed by atoms with E-state index >= 15 is 0 Å². The van der Waals surface area contributed by atoms with Gasteiger partial charge in [-0.15, -0.1) is 24.8 Å². The van der Waals surface area contributed by atoms with Gasteiger partial charge in [0.2, 0.25) is 0 Å². The van der Waals surface area contributed by atoms with Gasteiger partial charge in [-0.3, -0.25) is 19.1 Å². The molecule has 1 aliphatic rings. The Morgan fingerprint density at radius 2 is 1.97 bits per heavy atom. The number of nitrogens with zero attached hydrogens (tertiary/aromatic N) is 3. The molecule has 0 aliphatic carbocycles. The fraction of sp³-hybridized carbons (Fsp3) is 0.263. The molecule has 3 heterocycles. The average molecular weight is 473 g/mol. The van der Waals surface area contributed by atoms with Crippen LogP contribution in [0.5, 0.6) is 0 Å². The summed E-state index contributed by atoms with van der Waals surface area (Å²) in [5.41, 5.74) is 0.260. The standard InChI is InChI=1S/C19H18ClN5O3.2ClH/c1-24-16-13(17(26)23-19(24)28)8-11(9-22-16)18(27)25-7-6-21-10-15(25)12-4-2-3-5-14(12)20;;/h2-5,8-9,15,21H,6-7,10H2,1H3,(H,23,26,28);2*1H. The molecule has 1 unspecified atom stereocenters. The lowest BCUT2D eigenvalue weighted by molar-refractivity contribution is 0.0634. The van der Waals surface area contributed by atoms with Crippen molar-refractivity contribution in [2.75, 3.05) is 19.6 Å². The zero-order chi connectivity index (χ0) is 19.8. The van der Waals surface area contributed by atoms with Crippen LogP contribution in [0.4, 0.5) is 0 Å². The van der Waals surface area contributed by atoms with Gasteiger partial charge >= 0.3 is 5.69 Å². The van der Waals surface area contributed by atoms with E-state index in [1.807, 2.05) is 18.2 Å². The van der Waals surface area contributed by atoms with E-state index < -0.39 is 11.2 Å². The summed E-state index contributed by atoms with van der Waals surface area (Å²) < 4.78 is 1.24. The van der Waals surface area contributed by atoms with Gasteiger partial charge in [-0.25, -0.2) is 9.78 Å². The van der Waals surface area contributed by atoms with Crippen LogP contribution in [0, 0.1) is 0 Å². The third-order valence-electron chi connectivity index (χ3n) is 4.97. The van der Waals surface area contributed by atoms with Crippen LogP contribution < -0.4 is 16.6 Å².